The zero-order valence-corrected chi connectivity index (χ0v) is 9.29. The molecule has 0 unspecified atom stereocenters. The van der Waals surface area contributed by atoms with Crippen molar-refractivity contribution in [3.8, 4) is 0 Å². The Morgan fingerprint density at radius 3 is 2.94 bits per heavy atom. The number of aromatic nitrogens is 4. The second-order valence-electron chi connectivity index (χ2n) is 3.51. The number of amides is 1. The molecule has 3 N–H and O–H groups in total. The van der Waals surface area contributed by atoms with Crippen molar-refractivity contribution in [3.63, 3.8) is 0 Å². The summed E-state index contributed by atoms with van der Waals surface area (Å²) in [7, 11) is 1.81. The van der Waals surface area contributed by atoms with Gasteiger partial charge in [0.1, 0.15) is 12.1 Å². The summed E-state index contributed by atoms with van der Waals surface area (Å²) in [5, 5.41) is 10.3. The summed E-state index contributed by atoms with van der Waals surface area (Å²) >= 11 is 0. The molecule has 7 heteroatoms. The van der Waals surface area contributed by atoms with E-state index in [1.54, 1.807) is 23.0 Å². The molecular formula is C10H12N6O. The summed E-state index contributed by atoms with van der Waals surface area (Å²) in [6.45, 7) is 0.319. The number of hydrogen-bond acceptors (Lipinski definition) is 5. The van der Waals surface area contributed by atoms with Gasteiger partial charge in [0.15, 0.2) is 5.82 Å². The van der Waals surface area contributed by atoms with Gasteiger partial charge in [-0.05, 0) is 12.1 Å². The molecule has 2 heterocycles. The average Bonchev–Trinajstić information content (AvgIpc) is 2.73. The number of nitrogens with one attached hydrogen (secondary N) is 1. The fourth-order valence-corrected chi connectivity index (χ4v) is 1.27. The van der Waals surface area contributed by atoms with Gasteiger partial charge in [-0.25, -0.2) is 4.98 Å². The number of nitrogens with zero attached hydrogens (tertiary/aromatic N) is 4. The number of hydrogen-bond donors (Lipinski definition) is 2. The number of nitrogen functional groups attached to an aromatic ring is 1. The van der Waals surface area contributed by atoms with Crippen LogP contribution >= 0.6 is 0 Å². The van der Waals surface area contributed by atoms with Crippen LogP contribution in [0.3, 0.4) is 0 Å². The largest absolute Gasteiger partial charge is 0.384 e. The first kappa shape index (κ1) is 11.1. The monoisotopic (exact) mass is 232 g/mol. The van der Waals surface area contributed by atoms with E-state index in [-0.39, 0.29) is 5.91 Å². The number of anilines is 1. The zero-order valence-electron chi connectivity index (χ0n) is 9.29. The van der Waals surface area contributed by atoms with E-state index in [0.717, 1.165) is 0 Å². The number of aryl methyl sites for hydroxylation is 1. The van der Waals surface area contributed by atoms with Crippen LogP contribution in [0.5, 0.6) is 0 Å². The maximum atomic E-state index is 11.7. The molecule has 17 heavy (non-hydrogen) atoms. The van der Waals surface area contributed by atoms with Crippen LogP contribution in [-0.4, -0.2) is 25.7 Å². The Morgan fingerprint density at radius 2 is 2.35 bits per heavy atom. The summed E-state index contributed by atoms with van der Waals surface area (Å²) in [5.41, 5.74) is 5.89. The van der Waals surface area contributed by atoms with E-state index in [1.807, 2.05) is 7.05 Å². The Hall–Kier alpha value is -2.44. The van der Waals surface area contributed by atoms with Crippen LogP contribution in [0.15, 0.2) is 24.7 Å². The third-order valence-electron chi connectivity index (χ3n) is 2.26. The first-order chi connectivity index (χ1) is 8.16. The van der Waals surface area contributed by atoms with E-state index in [1.165, 1.54) is 6.20 Å². The maximum absolute atomic E-state index is 11.7. The summed E-state index contributed by atoms with van der Waals surface area (Å²) in [4.78, 5) is 15.6. The lowest BCUT2D eigenvalue weighted by Gasteiger charge is -2.04. The summed E-state index contributed by atoms with van der Waals surface area (Å²) in [6.07, 6.45) is 3.01. The highest BCUT2D eigenvalue weighted by atomic mass is 16.1. The summed E-state index contributed by atoms with van der Waals surface area (Å²) < 4.78 is 1.74. The maximum Gasteiger partial charge on any atom is 0.253 e. The highest BCUT2D eigenvalue weighted by Crippen LogP contribution is 2.01. The van der Waals surface area contributed by atoms with Crippen LogP contribution in [-0.2, 0) is 13.6 Å². The fourth-order valence-electron chi connectivity index (χ4n) is 1.27. The second kappa shape index (κ2) is 4.60. The molecule has 0 aliphatic carbocycles. The zero-order chi connectivity index (χ0) is 12.3. The molecule has 2 aromatic heterocycles. The highest BCUT2D eigenvalue weighted by molar-refractivity contribution is 5.93. The Kier molecular flexibility index (Phi) is 2.99. The van der Waals surface area contributed by atoms with Crippen molar-refractivity contribution < 1.29 is 4.79 Å². The van der Waals surface area contributed by atoms with E-state index in [2.05, 4.69) is 20.5 Å². The molecule has 0 aliphatic rings. The Bertz CT molecular complexity index is 518. The van der Waals surface area contributed by atoms with Gasteiger partial charge in [0.05, 0.1) is 12.1 Å². The SMILES string of the molecule is Cn1cnnc1CNC(=O)c1ccc(N)nc1. The molecule has 0 radical (unpaired) electrons. The van der Waals surface area contributed by atoms with Crippen LogP contribution in [0, 0.1) is 0 Å². The minimum atomic E-state index is -0.222. The minimum absolute atomic E-state index is 0.222. The lowest BCUT2D eigenvalue weighted by atomic mass is 10.2. The van der Waals surface area contributed by atoms with Gasteiger partial charge in [-0.2, -0.15) is 0 Å². The number of carbonyl (C=O) groups excluding carboxylic acids is 1. The number of pyridine rings is 1. The van der Waals surface area contributed by atoms with Crippen molar-refractivity contribution >= 4 is 11.7 Å². The average molecular weight is 232 g/mol. The third-order valence-corrected chi connectivity index (χ3v) is 2.26. The van der Waals surface area contributed by atoms with Gasteiger partial charge in [0.25, 0.3) is 5.91 Å². The van der Waals surface area contributed by atoms with E-state index in [9.17, 15) is 4.79 Å². The standard InChI is InChI=1S/C10H12N6O/c1-16-6-14-15-9(16)5-13-10(17)7-2-3-8(11)12-4-7/h2-4,6H,5H2,1H3,(H2,11,12)(H,13,17). The first-order valence-electron chi connectivity index (χ1n) is 4.99. The molecule has 1 amide bonds. The highest BCUT2D eigenvalue weighted by Gasteiger charge is 2.07. The lowest BCUT2D eigenvalue weighted by Crippen LogP contribution is -2.24. The molecule has 7 nitrogen and oxygen atoms in total. The molecule has 0 saturated carbocycles. The van der Waals surface area contributed by atoms with Crippen molar-refractivity contribution in [3.05, 3.63) is 36.0 Å². The van der Waals surface area contributed by atoms with E-state index in [0.29, 0.717) is 23.8 Å². The van der Waals surface area contributed by atoms with Gasteiger partial charge in [-0.15, -0.1) is 10.2 Å². The second-order valence-corrected chi connectivity index (χ2v) is 3.51. The molecule has 0 aromatic carbocycles. The van der Waals surface area contributed by atoms with Crippen molar-refractivity contribution in [1.82, 2.24) is 25.1 Å². The van der Waals surface area contributed by atoms with Gasteiger partial charge < -0.3 is 15.6 Å². The van der Waals surface area contributed by atoms with E-state index < -0.39 is 0 Å². The van der Waals surface area contributed by atoms with Crippen LogP contribution in [0.4, 0.5) is 5.82 Å². The van der Waals surface area contributed by atoms with Crippen LogP contribution < -0.4 is 11.1 Å². The molecule has 88 valence electrons. The van der Waals surface area contributed by atoms with Crippen molar-refractivity contribution in [2.24, 2.45) is 7.05 Å². The van der Waals surface area contributed by atoms with Crippen molar-refractivity contribution in [2.45, 2.75) is 6.54 Å². The topological polar surface area (TPSA) is 98.7 Å². The molecule has 2 aromatic rings. The predicted octanol–water partition coefficient (Wildman–Crippen LogP) is -0.278. The number of carbonyl (C=O) groups is 1. The Balaban J connectivity index is 1.98. The first-order valence-corrected chi connectivity index (χ1v) is 4.99. The van der Waals surface area contributed by atoms with Crippen molar-refractivity contribution in [2.75, 3.05) is 5.73 Å². The molecule has 0 aliphatic heterocycles. The quantitative estimate of drug-likeness (QED) is 0.758. The van der Waals surface area contributed by atoms with Gasteiger partial charge in [0, 0.05) is 13.2 Å². The van der Waals surface area contributed by atoms with Gasteiger partial charge in [0.2, 0.25) is 0 Å². The van der Waals surface area contributed by atoms with Crippen LogP contribution in [0.25, 0.3) is 0 Å². The molecule has 0 atom stereocenters. The van der Waals surface area contributed by atoms with E-state index in [4.69, 9.17) is 5.73 Å². The molecule has 0 fully saturated rings. The van der Waals surface area contributed by atoms with E-state index >= 15 is 0 Å². The fraction of sp³-hybridized carbons (Fsp3) is 0.200. The number of nitrogens with two attached hydrogens (primary N) is 1. The molecule has 0 spiro atoms. The Morgan fingerprint density at radius 1 is 1.53 bits per heavy atom. The molecular weight excluding hydrogens is 220 g/mol. The van der Waals surface area contributed by atoms with Crippen LogP contribution in [0.1, 0.15) is 16.2 Å². The smallest absolute Gasteiger partial charge is 0.253 e. The van der Waals surface area contributed by atoms with Crippen LogP contribution in [0.2, 0.25) is 0 Å². The lowest BCUT2D eigenvalue weighted by molar-refractivity contribution is 0.0949. The molecule has 0 bridgehead atoms. The van der Waals surface area contributed by atoms with Gasteiger partial charge >= 0.3 is 0 Å². The minimum Gasteiger partial charge on any atom is -0.384 e. The summed E-state index contributed by atoms with van der Waals surface area (Å²) in [5.74, 6) is 0.845. The number of rotatable bonds is 3. The molecule has 2 rings (SSSR count). The Labute approximate surface area is 97.7 Å². The van der Waals surface area contributed by atoms with Gasteiger partial charge in [-0.1, -0.05) is 0 Å². The molecule has 0 saturated heterocycles. The third kappa shape index (κ3) is 2.57. The van der Waals surface area contributed by atoms with Gasteiger partial charge in [-0.3, -0.25) is 4.79 Å². The predicted molar refractivity (Wildman–Crippen MR) is 60.8 cm³/mol. The van der Waals surface area contributed by atoms with Crippen molar-refractivity contribution in [1.29, 1.82) is 0 Å². The normalized spacial score (nSPS) is 10.2. The summed E-state index contributed by atoms with van der Waals surface area (Å²) in [6, 6.07) is 3.20.